The minimum Gasteiger partial charge on any atom is -0.494 e. The lowest BCUT2D eigenvalue weighted by atomic mass is 10.1. The van der Waals surface area contributed by atoms with Crippen molar-refractivity contribution in [3.05, 3.63) is 63.5 Å². The first kappa shape index (κ1) is 25.5. The van der Waals surface area contributed by atoms with E-state index in [0.717, 1.165) is 82.7 Å². The molecule has 0 saturated carbocycles. The molecule has 37 heavy (non-hydrogen) atoms. The summed E-state index contributed by atoms with van der Waals surface area (Å²) in [6.07, 6.45) is 0. The van der Waals surface area contributed by atoms with Crippen molar-refractivity contribution in [1.82, 2.24) is 14.8 Å². The van der Waals surface area contributed by atoms with Crippen LogP contribution in [0.4, 0.5) is 11.5 Å². The highest BCUT2D eigenvalue weighted by Gasteiger charge is 2.26. The average molecular weight is 540 g/mol. The standard InChI is InChI=1S/C28H31Cl2N5O2/c1-6-37-21-8-10-24(25(16-21)36-5)35-18(3)26-17(2)31-32-28(27(26)19(35)4)34-13-11-33(12-14-34)20-7-9-22(29)23(30)15-20/h7-10,15-16H,6,11-14H2,1-5H3. The zero-order chi connectivity index (χ0) is 26.3. The number of benzene rings is 2. The maximum Gasteiger partial charge on any atom is 0.161 e. The zero-order valence-electron chi connectivity index (χ0n) is 21.8. The van der Waals surface area contributed by atoms with E-state index in [4.69, 9.17) is 37.8 Å². The smallest absolute Gasteiger partial charge is 0.161 e. The largest absolute Gasteiger partial charge is 0.494 e. The number of hydrogen-bond donors (Lipinski definition) is 0. The van der Waals surface area contributed by atoms with Gasteiger partial charge in [-0.15, -0.1) is 5.10 Å². The number of nitrogens with zero attached hydrogens (tertiary/aromatic N) is 5. The van der Waals surface area contributed by atoms with E-state index in [0.29, 0.717) is 16.7 Å². The first-order valence-electron chi connectivity index (χ1n) is 12.4. The second kappa shape index (κ2) is 10.3. The molecule has 1 aliphatic rings. The number of aryl methyl sites for hydroxylation is 3. The van der Waals surface area contributed by atoms with Crippen LogP contribution in [0.5, 0.6) is 11.5 Å². The quantitative estimate of drug-likeness (QED) is 0.283. The van der Waals surface area contributed by atoms with Crippen molar-refractivity contribution in [2.45, 2.75) is 27.7 Å². The number of rotatable bonds is 6. The third-order valence-corrected chi connectivity index (χ3v) is 7.81. The van der Waals surface area contributed by atoms with Crippen LogP contribution in [0.2, 0.25) is 10.0 Å². The molecule has 0 unspecified atom stereocenters. The van der Waals surface area contributed by atoms with Gasteiger partial charge in [0.15, 0.2) is 5.82 Å². The van der Waals surface area contributed by atoms with E-state index in [1.165, 1.54) is 0 Å². The number of aromatic nitrogens is 3. The number of piperazine rings is 1. The molecule has 0 aliphatic carbocycles. The van der Waals surface area contributed by atoms with Gasteiger partial charge in [-0.25, -0.2) is 0 Å². The van der Waals surface area contributed by atoms with E-state index in [2.05, 4.69) is 39.4 Å². The Balaban J connectivity index is 1.52. The molecule has 0 amide bonds. The molecule has 0 N–H and O–H groups in total. The summed E-state index contributed by atoms with van der Waals surface area (Å²) in [4.78, 5) is 4.65. The Kier molecular flexibility index (Phi) is 7.10. The Morgan fingerprint density at radius 3 is 2.22 bits per heavy atom. The summed E-state index contributed by atoms with van der Waals surface area (Å²) < 4.78 is 13.7. The van der Waals surface area contributed by atoms with E-state index >= 15 is 0 Å². The average Bonchev–Trinajstić information content (AvgIpc) is 3.17. The first-order chi connectivity index (χ1) is 17.8. The highest BCUT2D eigenvalue weighted by molar-refractivity contribution is 6.42. The molecule has 2 aromatic carbocycles. The van der Waals surface area contributed by atoms with Crippen LogP contribution in [0.25, 0.3) is 16.5 Å². The molecule has 3 heterocycles. The number of hydrogen-bond acceptors (Lipinski definition) is 6. The van der Waals surface area contributed by atoms with Crippen LogP contribution >= 0.6 is 23.2 Å². The lowest BCUT2D eigenvalue weighted by Crippen LogP contribution is -2.47. The van der Waals surface area contributed by atoms with Crippen LogP contribution in [-0.2, 0) is 0 Å². The number of fused-ring (bicyclic) bond motifs is 1. The highest BCUT2D eigenvalue weighted by atomic mass is 35.5. The predicted molar refractivity (Wildman–Crippen MR) is 152 cm³/mol. The Morgan fingerprint density at radius 1 is 0.838 bits per heavy atom. The lowest BCUT2D eigenvalue weighted by Gasteiger charge is -2.37. The van der Waals surface area contributed by atoms with E-state index < -0.39 is 0 Å². The molecule has 1 fully saturated rings. The van der Waals surface area contributed by atoms with Crippen molar-refractivity contribution in [1.29, 1.82) is 0 Å². The second-order valence-corrected chi connectivity index (χ2v) is 10.0. The van der Waals surface area contributed by atoms with Gasteiger partial charge in [-0.2, -0.15) is 5.10 Å². The molecule has 194 valence electrons. The summed E-state index contributed by atoms with van der Waals surface area (Å²) in [6.45, 7) is 12.2. The Hall–Kier alpha value is -3.16. The van der Waals surface area contributed by atoms with Crippen LogP contribution in [0.3, 0.4) is 0 Å². The summed E-state index contributed by atoms with van der Waals surface area (Å²) >= 11 is 12.4. The van der Waals surface area contributed by atoms with Gasteiger partial charge in [-0.3, -0.25) is 0 Å². The summed E-state index contributed by atoms with van der Waals surface area (Å²) in [7, 11) is 1.69. The molecule has 1 saturated heterocycles. The maximum absolute atomic E-state index is 6.26. The molecule has 0 radical (unpaired) electrons. The Labute approximate surface area is 227 Å². The fourth-order valence-electron chi connectivity index (χ4n) is 5.32. The van der Waals surface area contributed by atoms with Crippen LogP contribution in [0.15, 0.2) is 36.4 Å². The van der Waals surface area contributed by atoms with E-state index in [-0.39, 0.29) is 0 Å². The monoisotopic (exact) mass is 539 g/mol. The van der Waals surface area contributed by atoms with Crippen molar-refractivity contribution in [2.75, 3.05) is 49.7 Å². The fourth-order valence-corrected chi connectivity index (χ4v) is 5.61. The van der Waals surface area contributed by atoms with Gasteiger partial charge in [0.2, 0.25) is 0 Å². The highest BCUT2D eigenvalue weighted by Crippen LogP contribution is 2.39. The van der Waals surface area contributed by atoms with Crippen molar-refractivity contribution in [3.8, 4) is 17.2 Å². The van der Waals surface area contributed by atoms with Gasteiger partial charge in [0.05, 0.1) is 35.1 Å². The van der Waals surface area contributed by atoms with Gasteiger partial charge in [0, 0.05) is 60.1 Å². The molecule has 0 spiro atoms. The van der Waals surface area contributed by atoms with Crippen LogP contribution in [0, 0.1) is 20.8 Å². The molecule has 9 heteroatoms. The summed E-state index contributed by atoms with van der Waals surface area (Å²) in [5, 5.41) is 12.7. The van der Waals surface area contributed by atoms with Gasteiger partial charge in [-0.1, -0.05) is 23.2 Å². The molecule has 7 nitrogen and oxygen atoms in total. The third kappa shape index (κ3) is 4.55. The number of methoxy groups -OCH3 is 1. The maximum atomic E-state index is 6.26. The third-order valence-electron chi connectivity index (χ3n) is 7.08. The van der Waals surface area contributed by atoms with Crippen LogP contribution in [-0.4, -0.2) is 54.7 Å². The summed E-state index contributed by atoms with van der Waals surface area (Å²) in [5.41, 5.74) is 5.17. The molecular formula is C28H31Cl2N5O2. The van der Waals surface area contributed by atoms with Crippen LogP contribution < -0.4 is 19.3 Å². The first-order valence-corrected chi connectivity index (χ1v) is 13.2. The number of halogens is 2. The molecule has 1 aliphatic heterocycles. The van der Waals surface area contributed by atoms with Crippen molar-refractivity contribution in [3.63, 3.8) is 0 Å². The van der Waals surface area contributed by atoms with Crippen molar-refractivity contribution < 1.29 is 9.47 Å². The molecule has 5 rings (SSSR count). The number of ether oxygens (including phenoxy) is 2. The van der Waals surface area contributed by atoms with Gasteiger partial charge < -0.3 is 23.8 Å². The normalized spacial score (nSPS) is 13.9. The molecular weight excluding hydrogens is 509 g/mol. The number of anilines is 2. The van der Waals surface area contributed by atoms with E-state index in [1.807, 2.05) is 44.2 Å². The van der Waals surface area contributed by atoms with E-state index in [1.54, 1.807) is 7.11 Å². The lowest BCUT2D eigenvalue weighted by molar-refractivity contribution is 0.336. The summed E-state index contributed by atoms with van der Waals surface area (Å²) in [5.74, 6) is 2.46. The Bertz CT molecular complexity index is 1460. The fraction of sp³-hybridized carbons (Fsp3) is 0.357. The molecule has 0 bridgehead atoms. The molecule has 2 aromatic heterocycles. The Morgan fingerprint density at radius 2 is 1.54 bits per heavy atom. The predicted octanol–water partition coefficient (Wildman–Crippen LogP) is 6.39. The minimum atomic E-state index is 0.570. The molecule has 0 atom stereocenters. The SMILES string of the molecule is CCOc1ccc(-n2c(C)c3c(C)nnc(N4CCN(c5ccc(Cl)c(Cl)c5)CC4)c3c2C)c(OC)c1. The van der Waals surface area contributed by atoms with Crippen molar-refractivity contribution in [2.24, 2.45) is 0 Å². The van der Waals surface area contributed by atoms with Crippen molar-refractivity contribution >= 4 is 45.5 Å². The van der Waals surface area contributed by atoms with Gasteiger partial charge >= 0.3 is 0 Å². The zero-order valence-corrected chi connectivity index (χ0v) is 23.3. The topological polar surface area (TPSA) is 55.7 Å². The summed E-state index contributed by atoms with van der Waals surface area (Å²) in [6, 6.07) is 11.8. The molecule has 4 aromatic rings. The van der Waals surface area contributed by atoms with Gasteiger partial charge in [0.25, 0.3) is 0 Å². The van der Waals surface area contributed by atoms with Gasteiger partial charge in [-0.05, 0) is 58.0 Å². The second-order valence-electron chi connectivity index (χ2n) is 9.20. The van der Waals surface area contributed by atoms with Gasteiger partial charge in [0.1, 0.15) is 11.5 Å². The minimum absolute atomic E-state index is 0.570. The van der Waals surface area contributed by atoms with Crippen LogP contribution in [0.1, 0.15) is 24.0 Å². The van der Waals surface area contributed by atoms with E-state index in [9.17, 15) is 0 Å².